The topological polar surface area (TPSA) is 78.9 Å². The molecule has 0 bridgehead atoms. The van der Waals surface area contributed by atoms with E-state index in [1.807, 2.05) is 0 Å². The summed E-state index contributed by atoms with van der Waals surface area (Å²) in [7, 11) is 0. The van der Waals surface area contributed by atoms with Gasteiger partial charge in [-0.25, -0.2) is 0 Å². The Bertz CT molecular complexity index is 938. The van der Waals surface area contributed by atoms with Crippen molar-refractivity contribution in [1.82, 2.24) is 0 Å². The molecule has 0 heterocycles. The van der Waals surface area contributed by atoms with Gasteiger partial charge in [-0.05, 0) is 70.6 Å². The monoisotopic (exact) mass is 773 g/mol. The van der Waals surface area contributed by atoms with Crippen molar-refractivity contribution < 1.29 is 28.6 Å². The molecule has 0 aromatic heterocycles. The molecular formula is C49H88O6. The van der Waals surface area contributed by atoms with E-state index in [1.54, 1.807) is 0 Å². The van der Waals surface area contributed by atoms with Crippen LogP contribution < -0.4 is 0 Å². The van der Waals surface area contributed by atoms with Gasteiger partial charge in [-0.1, -0.05) is 186 Å². The van der Waals surface area contributed by atoms with Gasteiger partial charge in [0.1, 0.15) is 13.2 Å². The summed E-state index contributed by atoms with van der Waals surface area (Å²) in [5, 5.41) is 0. The zero-order valence-corrected chi connectivity index (χ0v) is 36.4. The van der Waals surface area contributed by atoms with E-state index in [2.05, 4.69) is 57.2 Å². The van der Waals surface area contributed by atoms with Crippen LogP contribution >= 0.6 is 0 Å². The van der Waals surface area contributed by atoms with Crippen LogP contribution in [-0.4, -0.2) is 37.2 Å². The summed E-state index contributed by atoms with van der Waals surface area (Å²) in [4.78, 5) is 37.7. The van der Waals surface area contributed by atoms with Crippen LogP contribution in [0.25, 0.3) is 0 Å². The Morgan fingerprint density at radius 3 is 1.11 bits per heavy atom. The van der Waals surface area contributed by atoms with Crippen molar-refractivity contribution in [3.05, 3.63) is 36.5 Å². The highest BCUT2D eigenvalue weighted by atomic mass is 16.6. The summed E-state index contributed by atoms with van der Waals surface area (Å²) in [6.07, 6.45) is 49.8. The van der Waals surface area contributed by atoms with Gasteiger partial charge in [0.2, 0.25) is 0 Å². The van der Waals surface area contributed by atoms with Crippen LogP contribution in [0.1, 0.15) is 239 Å². The molecule has 0 aliphatic carbocycles. The summed E-state index contributed by atoms with van der Waals surface area (Å²) in [6.45, 7) is 6.55. The molecular weight excluding hydrogens is 685 g/mol. The molecule has 320 valence electrons. The molecule has 0 amide bonds. The fourth-order valence-corrected chi connectivity index (χ4v) is 6.51. The molecule has 0 aliphatic heterocycles. The second-order valence-electron chi connectivity index (χ2n) is 15.7. The molecule has 0 aliphatic rings. The van der Waals surface area contributed by atoms with Crippen molar-refractivity contribution in [3.63, 3.8) is 0 Å². The molecule has 0 saturated carbocycles. The second kappa shape index (κ2) is 44.3. The van der Waals surface area contributed by atoms with Crippen molar-refractivity contribution in [2.24, 2.45) is 0 Å². The lowest BCUT2D eigenvalue weighted by Gasteiger charge is -2.18. The van der Waals surface area contributed by atoms with E-state index >= 15 is 0 Å². The molecule has 6 heteroatoms. The Morgan fingerprint density at radius 2 is 0.673 bits per heavy atom. The minimum Gasteiger partial charge on any atom is -0.462 e. The number of hydrogen-bond acceptors (Lipinski definition) is 6. The quantitative estimate of drug-likeness (QED) is 0.0266. The van der Waals surface area contributed by atoms with Crippen LogP contribution in [0.5, 0.6) is 0 Å². The predicted octanol–water partition coefficient (Wildman–Crippen LogP) is 15.0. The second-order valence-corrected chi connectivity index (χ2v) is 15.7. The lowest BCUT2D eigenvalue weighted by atomic mass is 10.1. The number of ether oxygens (including phenoxy) is 3. The van der Waals surface area contributed by atoms with Gasteiger partial charge in [-0.15, -0.1) is 0 Å². The van der Waals surface area contributed by atoms with Crippen LogP contribution in [0.15, 0.2) is 36.5 Å². The Labute approximate surface area is 340 Å². The largest absolute Gasteiger partial charge is 0.462 e. The summed E-state index contributed by atoms with van der Waals surface area (Å²) in [6, 6.07) is 0. The summed E-state index contributed by atoms with van der Waals surface area (Å²) >= 11 is 0. The van der Waals surface area contributed by atoms with Crippen molar-refractivity contribution in [2.75, 3.05) is 13.2 Å². The molecule has 0 rings (SSSR count). The number of hydrogen-bond donors (Lipinski definition) is 0. The van der Waals surface area contributed by atoms with Crippen LogP contribution in [0.2, 0.25) is 0 Å². The van der Waals surface area contributed by atoms with Crippen LogP contribution in [0.3, 0.4) is 0 Å². The number of rotatable bonds is 42. The van der Waals surface area contributed by atoms with Gasteiger partial charge in [-0.2, -0.15) is 0 Å². The molecule has 0 fully saturated rings. The Balaban J connectivity index is 4.39. The molecule has 6 nitrogen and oxygen atoms in total. The smallest absolute Gasteiger partial charge is 0.306 e. The van der Waals surface area contributed by atoms with Gasteiger partial charge >= 0.3 is 17.9 Å². The van der Waals surface area contributed by atoms with Gasteiger partial charge in [0.25, 0.3) is 0 Å². The lowest BCUT2D eigenvalue weighted by molar-refractivity contribution is -0.167. The molecule has 0 saturated heterocycles. The minimum atomic E-state index is -0.777. The number of esters is 3. The highest BCUT2D eigenvalue weighted by Gasteiger charge is 2.19. The third-order valence-electron chi connectivity index (χ3n) is 10.1. The van der Waals surface area contributed by atoms with E-state index in [0.29, 0.717) is 19.3 Å². The average Bonchev–Trinajstić information content (AvgIpc) is 3.18. The van der Waals surface area contributed by atoms with Crippen molar-refractivity contribution in [1.29, 1.82) is 0 Å². The van der Waals surface area contributed by atoms with Gasteiger partial charge < -0.3 is 14.2 Å². The highest BCUT2D eigenvalue weighted by molar-refractivity contribution is 5.71. The van der Waals surface area contributed by atoms with E-state index in [-0.39, 0.29) is 31.1 Å². The maximum atomic E-state index is 12.7. The van der Waals surface area contributed by atoms with Gasteiger partial charge in [-0.3, -0.25) is 14.4 Å². The number of unbranched alkanes of at least 4 members (excludes halogenated alkanes) is 25. The number of allylic oxidation sites excluding steroid dienone is 6. The van der Waals surface area contributed by atoms with E-state index < -0.39 is 6.10 Å². The first kappa shape index (κ1) is 52.6. The number of carbonyl (C=O) groups is 3. The molecule has 0 N–H and O–H groups in total. The summed E-state index contributed by atoms with van der Waals surface area (Å²) < 4.78 is 16.7. The first-order valence-electron chi connectivity index (χ1n) is 23.5. The van der Waals surface area contributed by atoms with Crippen LogP contribution in [0, 0.1) is 0 Å². The van der Waals surface area contributed by atoms with Gasteiger partial charge in [0.15, 0.2) is 6.10 Å². The molecule has 0 aromatic rings. The molecule has 0 spiro atoms. The van der Waals surface area contributed by atoms with Crippen molar-refractivity contribution >= 4 is 17.9 Å². The van der Waals surface area contributed by atoms with Crippen molar-refractivity contribution in [2.45, 2.75) is 245 Å². The lowest BCUT2D eigenvalue weighted by Crippen LogP contribution is -2.30. The van der Waals surface area contributed by atoms with Crippen molar-refractivity contribution in [3.8, 4) is 0 Å². The van der Waals surface area contributed by atoms with E-state index in [9.17, 15) is 14.4 Å². The fraction of sp³-hybridized carbons (Fsp3) is 0.816. The van der Waals surface area contributed by atoms with E-state index in [0.717, 1.165) is 89.9 Å². The Kier molecular flexibility index (Phi) is 42.4. The first-order chi connectivity index (χ1) is 27.0. The molecule has 1 atom stereocenters. The fourth-order valence-electron chi connectivity index (χ4n) is 6.51. The average molecular weight is 773 g/mol. The summed E-state index contributed by atoms with van der Waals surface area (Å²) in [5.74, 6) is -0.900. The van der Waals surface area contributed by atoms with Crippen LogP contribution in [0.4, 0.5) is 0 Å². The first-order valence-corrected chi connectivity index (χ1v) is 23.5. The zero-order chi connectivity index (χ0) is 40.1. The normalized spacial score (nSPS) is 12.3. The molecule has 0 unspecified atom stereocenters. The standard InChI is InChI=1S/C49H88O6/c1-4-7-10-13-16-19-22-23-24-25-28-31-34-37-40-43-49(52)55-46(44-53-47(50)41-38-35-32-29-26-20-17-14-11-8-5-2)45-54-48(51)42-39-36-33-30-27-21-18-15-12-9-6-3/h14,16-17,19,23-24,46H,4-13,15,18,20-22,25-45H2,1-3H3/b17-14-,19-16-,24-23-/t46-/m1/s1. The van der Waals surface area contributed by atoms with E-state index in [4.69, 9.17) is 14.2 Å². The molecule has 0 aromatic carbocycles. The SMILES string of the molecule is CCCC/C=C\CCCCCCCC(=O)OC[C@H](COC(=O)CCCCCCCCCCCCC)OC(=O)CCCCCCC/C=C\C/C=C\CCCCC. The third-order valence-corrected chi connectivity index (χ3v) is 10.1. The van der Waals surface area contributed by atoms with Crippen LogP contribution in [-0.2, 0) is 28.6 Å². The third kappa shape index (κ3) is 42.6. The maximum absolute atomic E-state index is 12.7. The number of carbonyl (C=O) groups excluding carboxylic acids is 3. The predicted molar refractivity (Wildman–Crippen MR) is 233 cm³/mol. The molecule has 0 radical (unpaired) electrons. The highest BCUT2D eigenvalue weighted by Crippen LogP contribution is 2.14. The van der Waals surface area contributed by atoms with Gasteiger partial charge in [0, 0.05) is 19.3 Å². The molecule has 55 heavy (non-hydrogen) atoms. The minimum absolute atomic E-state index is 0.0784. The van der Waals surface area contributed by atoms with Gasteiger partial charge in [0.05, 0.1) is 0 Å². The Hall–Kier alpha value is -2.37. The maximum Gasteiger partial charge on any atom is 0.306 e. The Morgan fingerprint density at radius 1 is 0.364 bits per heavy atom. The van der Waals surface area contributed by atoms with E-state index in [1.165, 1.54) is 109 Å². The zero-order valence-electron chi connectivity index (χ0n) is 36.4. The summed E-state index contributed by atoms with van der Waals surface area (Å²) in [5.41, 5.74) is 0.